The number of ether oxygens (including phenoxy) is 1. The van der Waals surface area contributed by atoms with Crippen LogP contribution >= 0.6 is 0 Å². The molecule has 0 saturated carbocycles. The van der Waals surface area contributed by atoms with Gasteiger partial charge in [0.15, 0.2) is 0 Å². The topological polar surface area (TPSA) is 50.4 Å². The summed E-state index contributed by atoms with van der Waals surface area (Å²) in [5.74, 6) is -1.77. The lowest BCUT2D eigenvalue weighted by atomic mass is 10.0. The van der Waals surface area contributed by atoms with Crippen molar-refractivity contribution in [3.05, 3.63) is 35.4 Å². The highest BCUT2D eigenvalue weighted by atomic mass is 19.1. The Kier molecular flexibility index (Phi) is 5.25. The van der Waals surface area contributed by atoms with E-state index in [1.165, 1.54) is 12.1 Å². The van der Waals surface area contributed by atoms with Crippen LogP contribution < -0.4 is 10.6 Å². The molecule has 6 heteroatoms. The van der Waals surface area contributed by atoms with Crippen LogP contribution in [0, 0.1) is 17.6 Å². The Balaban J connectivity index is 2.01. The van der Waals surface area contributed by atoms with E-state index >= 15 is 0 Å². The van der Waals surface area contributed by atoms with Gasteiger partial charge in [0.05, 0.1) is 25.2 Å². The zero-order valence-corrected chi connectivity index (χ0v) is 12.2. The third-order valence-corrected chi connectivity index (χ3v) is 3.67. The summed E-state index contributed by atoms with van der Waals surface area (Å²) in [7, 11) is 0. The Morgan fingerprint density at radius 2 is 2.19 bits per heavy atom. The normalized spacial score (nSPS) is 23.0. The summed E-state index contributed by atoms with van der Waals surface area (Å²) in [5.41, 5.74) is 0.267. The van der Waals surface area contributed by atoms with Gasteiger partial charge in [-0.1, -0.05) is 13.0 Å². The van der Waals surface area contributed by atoms with E-state index in [2.05, 4.69) is 10.6 Å². The van der Waals surface area contributed by atoms with Gasteiger partial charge in [0, 0.05) is 17.7 Å². The van der Waals surface area contributed by atoms with Crippen LogP contribution in [0.15, 0.2) is 18.2 Å². The van der Waals surface area contributed by atoms with Gasteiger partial charge >= 0.3 is 0 Å². The van der Waals surface area contributed by atoms with Gasteiger partial charge in [0.25, 0.3) is 0 Å². The van der Waals surface area contributed by atoms with Crippen LogP contribution in [0.2, 0.25) is 0 Å². The van der Waals surface area contributed by atoms with E-state index in [1.54, 1.807) is 6.92 Å². The zero-order chi connectivity index (χ0) is 15.4. The summed E-state index contributed by atoms with van der Waals surface area (Å²) in [4.78, 5) is 12.3. The fourth-order valence-corrected chi connectivity index (χ4v) is 2.53. The van der Waals surface area contributed by atoms with Crippen LogP contribution in [-0.4, -0.2) is 31.7 Å². The minimum absolute atomic E-state index is 0.0275. The first-order chi connectivity index (χ1) is 10.0. The van der Waals surface area contributed by atoms with Gasteiger partial charge in [-0.05, 0) is 19.5 Å². The fourth-order valence-electron chi connectivity index (χ4n) is 2.53. The second-order valence-electron chi connectivity index (χ2n) is 5.20. The summed E-state index contributed by atoms with van der Waals surface area (Å²) in [6.45, 7) is 5.23. The summed E-state index contributed by atoms with van der Waals surface area (Å²) in [6, 6.07) is 2.79. The molecule has 1 aliphatic rings. The number of hydrogen-bond donors (Lipinski definition) is 2. The number of carbonyl (C=O) groups is 1. The largest absolute Gasteiger partial charge is 0.379 e. The monoisotopic (exact) mass is 298 g/mol. The van der Waals surface area contributed by atoms with Gasteiger partial charge in [-0.3, -0.25) is 4.79 Å². The predicted octanol–water partition coefficient (Wildman–Crippen LogP) is 1.77. The van der Waals surface area contributed by atoms with Crippen molar-refractivity contribution in [1.29, 1.82) is 0 Å². The number of amides is 1. The van der Waals surface area contributed by atoms with Crippen molar-refractivity contribution in [2.24, 2.45) is 5.92 Å². The molecule has 1 amide bonds. The van der Waals surface area contributed by atoms with E-state index in [4.69, 9.17) is 4.74 Å². The Morgan fingerprint density at radius 3 is 2.86 bits per heavy atom. The highest BCUT2D eigenvalue weighted by molar-refractivity contribution is 5.80. The first kappa shape index (κ1) is 15.9. The van der Waals surface area contributed by atoms with Gasteiger partial charge < -0.3 is 15.4 Å². The molecule has 1 aromatic rings. The molecular formula is C15H20F2N2O2. The van der Waals surface area contributed by atoms with Crippen LogP contribution in [0.1, 0.15) is 25.5 Å². The van der Waals surface area contributed by atoms with E-state index < -0.39 is 17.7 Å². The number of benzene rings is 1. The van der Waals surface area contributed by atoms with E-state index in [0.29, 0.717) is 13.2 Å². The lowest BCUT2D eigenvalue weighted by Gasteiger charge is -2.21. The van der Waals surface area contributed by atoms with Gasteiger partial charge in [0.1, 0.15) is 11.6 Å². The highest BCUT2D eigenvalue weighted by Gasteiger charge is 2.34. The quantitative estimate of drug-likeness (QED) is 0.871. The Labute approximate surface area is 122 Å². The van der Waals surface area contributed by atoms with Crippen molar-refractivity contribution in [3.8, 4) is 0 Å². The van der Waals surface area contributed by atoms with Gasteiger partial charge in [0.2, 0.25) is 5.91 Å². The van der Waals surface area contributed by atoms with Crippen molar-refractivity contribution in [3.63, 3.8) is 0 Å². The van der Waals surface area contributed by atoms with Crippen LogP contribution in [0.3, 0.4) is 0 Å². The number of halogens is 2. The summed E-state index contributed by atoms with van der Waals surface area (Å²) in [6.07, 6.45) is 0. The maximum absolute atomic E-state index is 13.7. The van der Waals surface area contributed by atoms with Gasteiger partial charge in [-0.2, -0.15) is 0 Å². The average Bonchev–Trinajstić information content (AvgIpc) is 2.87. The number of rotatable bonds is 5. The molecule has 0 radical (unpaired) electrons. The van der Waals surface area contributed by atoms with Gasteiger partial charge in [-0.25, -0.2) is 8.78 Å². The molecule has 1 saturated heterocycles. The van der Waals surface area contributed by atoms with Crippen molar-refractivity contribution in [2.75, 3.05) is 19.8 Å². The highest BCUT2D eigenvalue weighted by Crippen LogP contribution is 2.20. The molecule has 3 atom stereocenters. The minimum atomic E-state index is -0.659. The smallest absolute Gasteiger partial charge is 0.227 e. The molecule has 0 aromatic heterocycles. The number of hydrogen-bond acceptors (Lipinski definition) is 3. The summed E-state index contributed by atoms with van der Waals surface area (Å²) >= 11 is 0. The molecule has 2 N–H and O–H groups in total. The first-order valence-corrected chi connectivity index (χ1v) is 7.09. The maximum Gasteiger partial charge on any atom is 0.227 e. The zero-order valence-electron chi connectivity index (χ0n) is 12.2. The van der Waals surface area contributed by atoms with E-state index in [-0.39, 0.29) is 23.4 Å². The molecule has 3 unspecified atom stereocenters. The van der Waals surface area contributed by atoms with Crippen LogP contribution in [0.4, 0.5) is 8.78 Å². The molecule has 2 rings (SSSR count). The van der Waals surface area contributed by atoms with Crippen molar-refractivity contribution in [1.82, 2.24) is 10.6 Å². The molecule has 4 nitrogen and oxygen atoms in total. The van der Waals surface area contributed by atoms with Crippen LogP contribution in [0.5, 0.6) is 0 Å². The maximum atomic E-state index is 13.7. The SMILES string of the molecule is CCNC1COCC1C(=O)NC(C)c1ccc(F)cc1F. The third kappa shape index (κ3) is 3.77. The predicted molar refractivity (Wildman–Crippen MR) is 74.7 cm³/mol. The molecule has 1 aromatic carbocycles. The lowest BCUT2D eigenvalue weighted by molar-refractivity contribution is -0.126. The molecule has 1 aliphatic heterocycles. The molecule has 0 aliphatic carbocycles. The van der Waals surface area contributed by atoms with Crippen LogP contribution in [-0.2, 0) is 9.53 Å². The Hall–Kier alpha value is -1.53. The molecule has 0 spiro atoms. The van der Waals surface area contributed by atoms with E-state index in [0.717, 1.165) is 12.6 Å². The van der Waals surface area contributed by atoms with Crippen molar-refractivity contribution >= 4 is 5.91 Å². The molecule has 0 bridgehead atoms. The summed E-state index contributed by atoms with van der Waals surface area (Å²) in [5, 5.41) is 5.96. The standard InChI is InChI=1S/C15H20F2N2O2/c1-3-18-14-8-21-7-12(14)15(20)19-9(2)11-5-4-10(16)6-13(11)17/h4-6,9,12,14,18H,3,7-8H2,1-2H3,(H,19,20). The molecule has 1 fully saturated rings. The molecular weight excluding hydrogens is 278 g/mol. The van der Waals surface area contributed by atoms with E-state index in [1.807, 2.05) is 6.92 Å². The Morgan fingerprint density at radius 1 is 1.43 bits per heavy atom. The average molecular weight is 298 g/mol. The van der Waals surface area contributed by atoms with Crippen molar-refractivity contribution < 1.29 is 18.3 Å². The molecule has 1 heterocycles. The fraction of sp³-hybridized carbons (Fsp3) is 0.533. The van der Waals surface area contributed by atoms with Crippen LogP contribution in [0.25, 0.3) is 0 Å². The number of likely N-dealkylation sites (N-methyl/N-ethyl adjacent to an activating group) is 1. The summed E-state index contributed by atoms with van der Waals surface area (Å²) < 4.78 is 31.9. The minimum Gasteiger partial charge on any atom is -0.379 e. The first-order valence-electron chi connectivity index (χ1n) is 7.09. The molecule has 21 heavy (non-hydrogen) atoms. The lowest BCUT2D eigenvalue weighted by Crippen LogP contribution is -2.44. The Bertz CT molecular complexity index is 510. The van der Waals surface area contributed by atoms with Gasteiger partial charge in [-0.15, -0.1) is 0 Å². The second kappa shape index (κ2) is 6.95. The molecule has 116 valence electrons. The van der Waals surface area contributed by atoms with Crippen molar-refractivity contribution in [2.45, 2.75) is 25.9 Å². The third-order valence-electron chi connectivity index (χ3n) is 3.67. The second-order valence-corrected chi connectivity index (χ2v) is 5.20. The number of nitrogens with one attached hydrogen (secondary N) is 2. The number of carbonyl (C=O) groups excluding carboxylic acids is 1. The van der Waals surface area contributed by atoms with E-state index in [9.17, 15) is 13.6 Å².